The fourth-order valence-corrected chi connectivity index (χ4v) is 2.22. The van der Waals surface area contributed by atoms with Crippen molar-refractivity contribution < 1.29 is 9.84 Å². The van der Waals surface area contributed by atoms with Crippen molar-refractivity contribution in [2.75, 3.05) is 0 Å². The summed E-state index contributed by atoms with van der Waals surface area (Å²) in [4.78, 5) is 0. The number of hydrogen-bond acceptors (Lipinski definition) is 2. The van der Waals surface area contributed by atoms with Crippen LogP contribution in [-0.2, 0) is 13.2 Å². The maximum Gasteiger partial charge on any atom is 0.134 e. The normalized spacial score (nSPS) is 10.4. The summed E-state index contributed by atoms with van der Waals surface area (Å²) in [5, 5.41) is 9.18. The van der Waals surface area contributed by atoms with Gasteiger partial charge >= 0.3 is 0 Å². The number of hydrogen-bond donors (Lipinski definition) is 1. The maximum atomic E-state index is 9.18. The molecule has 0 aromatic heterocycles. The van der Waals surface area contributed by atoms with E-state index < -0.39 is 0 Å². The molecule has 3 heteroatoms. The summed E-state index contributed by atoms with van der Waals surface area (Å²) >= 11 is 3.46. The van der Waals surface area contributed by atoms with E-state index in [1.807, 2.05) is 49.4 Å². The quantitative estimate of drug-likeness (QED) is 0.930. The molecule has 1 N–H and O–H groups in total. The van der Waals surface area contributed by atoms with E-state index in [0.29, 0.717) is 6.61 Å². The van der Waals surface area contributed by atoms with Crippen LogP contribution >= 0.6 is 15.9 Å². The number of rotatable bonds is 4. The summed E-state index contributed by atoms with van der Waals surface area (Å²) in [6.07, 6.45) is 0. The molecule has 0 aliphatic heterocycles. The average molecular weight is 307 g/mol. The molecule has 0 saturated carbocycles. The van der Waals surface area contributed by atoms with Gasteiger partial charge in [0.25, 0.3) is 0 Å². The van der Waals surface area contributed by atoms with Crippen molar-refractivity contribution in [2.24, 2.45) is 0 Å². The molecule has 94 valence electrons. The van der Waals surface area contributed by atoms with E-state index in [1.165, 1.54) is 0 Å². The van der Waals surface area contributed by atoms with Gasteiger partial charge in [-0.2, -0.15) is 0 Å². The van der Waals surface area contributed by atoms with E-state index in [1.54, 1.807) is 0 Å². The Hall–Kier alpha value is -1.32. The first kappa shape index (κ1) is 13.1. The van der Waals surface area contributed by atoms with Gasteiger partial charge in [0.1, 0.15) is 12.4 Å². The molecule has 0 radical (unpaired) electrons. The third kappa shape index (κ3) is 3.12. The van der Waals surface area contributed by atoms with Crippen LogP contribution in [0.1, 0.15) is 16.7 Å². The summed E-state index contributed by atoms with van der Waals surface area (Å²) in [6.45, 7) is 2.55. The highest BCUT2D eigenvalue weighted by atomic mass is 79.9. The van der Waals surface area contributed by atoms with Gasteiger partial charge in [-0.05, 0) is 51.7 Å². The van der Waals surface area contributed by atoms with Gasteiger partial charge in [0.05, 0.1) is 11.1 Å². The second kappa shape index (κ2) is 6.03. The van der Waals surface area contributed by atoms with E-state index in [9.17, 15) is 5.11 Å². The topological polar surface area (TPSA) is 29.5 Å². The molecule has 0 amide bonds. The highest BCUT2D eigenvalue weighted by Crippen LogP contribution is 2.29. The summed E-state index contributed by atoms with van der Waals surface area (Å²) in [7, 11) is 0. The Balaban J connectivity index is 2.13. The van der Waals surface area contributed by atoms with Crippen molar-refractivity contribution in [3.8, 4) is 5.75 Å². The molecule has 0 bridgehead atoms. The molecule has 0 heterocycles. The third-order valence-electron chi connectivity index (χ3n) is 2.80. The maximum absolute atomic E-state index is 9.18. The minimum Gasteiger partial charge on any atom is -0.488 e. The summed E-state index contributed by atoms with van der Waals surface area (Å²) in [5.41, 5.74) is 3.07. The van der Waals surface area contributed by atoms with Crippen LogP contribution in [0.15, 0.2) is 46.9 Å². The second-order valence-electron chi connectivity index (χ2n) is 4.14. The Morgan fingerprint density at radius 2 is 1.89 bits per heavy atom. The van der Waals surface area contributed by atoms with E-state index >= 15 is 0 Å². The molecule has 2 aromatic carbocycles. The van der Waals surface area contributed by atoms with Gasteiger partial charge in [-0.1, -0.05) is 30.3 Å². The van der Waals surface area contributed by atoms with E-state index in [0.717, 1.165) is 26.9 Å². The lowest BCUT2D eigenvalue weighted by Gasteiger charge is -2.11. The van der Waals surface area contributed by atoms with Gasteiger partial charge in [0, 0.05) is 0 Å². The average Bonchev–Trinajstić information content (AvgIpc) is 2.40. The third-order valence-corrected chi connectivity index (χ3v) is 3.42. The van der Waals surface area contributed by atoms with Crippen molar-refractivity contribution in [1.82, 2.24) is 0 Å². The molecule has 0 spiro atoms. The zero-order valence-corrected chi connectivity index (χ0v) is 11.8. The predicted octanol–water partition coefficient (Wildman–Crippen LogP) is 3.83. The molecule has 0 aliphatic carbocycles. The zero-order chi connectivity index (χ0) is 13.0. The van der Waals surface area contributed by atoms with E-state index in [4.69, 9.17) is 4.74 Å². The second-order valence-corrected chi connectivity index (χ2v) is 5.00. The van der Waals surface area contributed by atoms with Crippen LogP contribution in [0.5, 0.6) is 5.75 Å². The number of halogens is 1. The van der Waals surface area contributed by atoms with Gasteiger partial charge in [0.15, 0.2) is 0 Å². The summed E-state index contributed by atoms with van der Waals surface area (Å²) < 4.78 is 6.64. The van der Waals surface area contributed by atoms with Crippen LogP contribution in [-0.4, -0.2) is 5.11 Å². The molecule has 2 rings (SSSR count). The molecule has 0 aliphatic rings. The van der Waals surface area contributed by atoms with E-state index in [-0.39, 0.29) is 6.61 Å². The zero-order valence-electron chi connectivity index (χ0n) is 10.2. The lowest BCUT2D eigenvalue weighted by atomic mass is 10.1. The van der Waals surface area contributed by atoms with Crippen molar-refractivity contribution in [2.45, 2.75) is 20.1 Å². The van der Waals surface area contributed by atoms with Crippen molar-refractivity contribution >= 4 is 15.9 Å². The minimum atomic E-state index is 0.0450. The summed E-state index contributed by atoms with van der Waals surface area (Å²) in [5.74, 6) is 0.800. The molecule has 0 saturated heterocycles. The van der Waals surface area contributed by atoms with Crippen molar-refractivity contribution in [3.63, 3.8) is 0 Å². The Morgan fingerprint density at radius 3 is 2.56 bits per heavy atom. The number of aryl methyl sites for hydroxylation is 1. The van der Waals surface area contributed by atoms with Crippen LogP contribution in [0.4, 0.5) is 0 Å². The Kier molecular flexibility index (Phi) is 4.39. The van der Waals surface area contributed by atoms with Crippen molar-refractivity contribution in [3.05, 3.63) is 63.6 Å². The van der Waals surface area contributed by atoms with Gasteiger partial charge in [0.2, 0.25) is 0 Å². The monoisotopic (exact) mass is 306 g/mol. The van der Waals surface area contributed by atoms with Crippen molar-refractivity contribution in [1.29, 1.82) is 0 Å². The smallest absolute Gasteiger partial charge is 0.134 e. The van der Waals surface area contributed by atoms with Gasteiger partial charge in [-0.3, -0.25) is 0 Å². The lowest BCUT2D eigenvalue weighted by molar-refractivity contribution is 0.279. The SMILES string of the molecule is Cc1cc(OCc2ccccc2)c(Br)cc1CO. The fourth-order valence-electron chi connectivity index (χ4n) is 1.71. The molecular weight excluding hydrogens is 292 g/mol. The number of aliphatic hydroxyl groups is 1. The predicted molar refractivity (Wildman–Crippen MR) is 75.6 cm³/mol. The number of benzene rings is 2. The molecule has 18 heavy (non-hydrogen) atoms. The lowest BCUT2D eigenvalue weighted by Crippen LogP contribution is -1.98. The first-order valence-corrected chi connectivity index (χ1v) is 6.56. The van der Waals surface area contributed by atoms with Gasteiger partial charge < -0.3 is 9.84 Å². The largest absolute Gasteiger partial charge is 0.488 e. The molecule has 0 unspecified atom stereocenters. The van der Waals surface area contributed by atoms with Crippen LogP contribution in [0.25, 0.3) is 0 Å². The highest BCUT2D eigenvalue weighted by Gasteiger charge is 2.06. The standard InChI is InChI=1S/C15H15BrO2/c1-11-7-15(14(16)8-13(11)9-17)18-10-12-5-3-2-4-6-12/h2-8,17H,9-10H2,1H3. The van der Waals surface area contributed by atoms with Crippen LogP contribution in [0, 0.1) is 6.92 Å². The molecule has 2 aromatic rings. The summed E-state index contributed by atoms with van der Waals surface area (Å²) in [6, 6.07) is 13.9. The minimum absolute atomic E-state index is 0.0450. The number of aliphatic hydroxyl groups excluding tert-OH is 1. The molecule has 0 atom stereocenters. The molecule has 2 nitrogen and oxygen atoms in total. The highest BCUT2D eigenvalue weighted by molar-refractivity contribution is 9.10. The van der Waals surface area contributed by atoms with E-state index in [2.05, 4.69) is 15.9 Å². The van der Waals surface area contributed by atoms with Gasteiger partial charge in [-0.25, -0.2) is 0 Å². The fraction of sp³-hybridized carbons (Fsp3) is 0.200. The van der Waals surface area contributed by atoms with Crippen LogP contribution < -0.4 is 4.74 Å². The number of ether oxygens (including phenoxy) is 1. The van der Waals surface area contributed by atoms with Gasteiger partial charge in [-0.15, -0.1) is 0 Å². The first-order chi connectivity index (χ1) is 8.70. The molecular formula is C15H15BrO2. The van der Waals surface area contributed by atoms with Crippen LogP contribution in [0.2, 0.25) is 0 Å². The Labute approximate surface area is 115 Å². The molecule has 0 fully saturated rings. The first-order valence-electron chi connectivity index (χ1n) is 5.77. The Morgan fingerprint density at radius 1 is 1.17 bits per heavy atom. The Bertz CT molecular complexity index is 524. The van der Waals surface area contributed by atoms with Crippen LogP contribution in [0.3, 0.4) is 0 Å².